The Hall–Kier alpha value is -3.44. The molecule has 4 atom stereocenters. The van der Waals surface area contributed by atoms with Crippen molar-refractivity contribution in [2.24, 2.45) is 16.6 Å². The van der Waals surface area contributed by atoms with E-state index in [-0.39, 0.29) is 35.6 Å². The lowest BCUT2D eigenvalue weighted by atomic mass is 9.66. The first-order valence-electron chi connectivity index (χ1n) is 11.1. The van der Waals surface area contributed by atoms with Gasteiger partial charge in [0, 0.05) is 25.1 Å². The summed E-state index contributed by atoms with van der Waals surface area (Å²) in [5.41, 5.74) is 6.96. The summed E-state index contributed by atoms with van der Waals surface area (Å²) in [5, 5.41) is 9.25. The lowest BCUT2D eigenvalue weighted by Gasteiger charge is -2.47. The molecular weight excluding hydrogens is 423 g/mol. The number of hydrogen-bond donors (Lipinski definition) is 1. The van der Waals surface area contributed by atoms with Crippen LogP contribution in [0.15, 0.2) is 41.4 Å². The molecule has 0 bridgehead atoms. The number of guanidine groups is 1. The Bertz CT molecular complexity index is 1210. The summed E-state index contributed by atoms with van der Waals surface area (Å²) in [7, 11) is 1.62. The Morgan fingerprint density at radius 2 is 2.12 bits per heavy atom. The zero-order valence-electron chi connectivity index (χ0n) is 18.5. The Kier molecular flexibility index (Phi) is 5.09. The van der Waals surface area contributed by atoms with Crippen LogP contribution in [-0.4, -0.2) is 42.6 Å². The third-order valence-corrected chi connectivity index (χ3v) is 6.97. The maximum absolute atomic E-state index is 14.1. The number of halogens is 1. The molecule has 33 heavy (non-hydrogen) atoms. The van der Waals surface area contributed by atoms with Gasteiger partial charge >= 0.3 is 0 Å². The molecule has 0 aromatic heterocycles. The zero-order valence-corrected chi connectivity index (χ0v) is 18.5. The van der Waals surface area contributed by atoms with E-state index in [4.69, 9.17) is 20.2 Å². The van der Waals surface area contributed by atoms with Crippen LogP contribution in [0.1, 0.15) is 37.3 Å². The Labute approximate surface area is 191 Å². The quantitative estimate of drug-likeness (QED) is 0.776. The van der Waals surface area contributed by atoms with E-state index in [9.17, 15) is 14.4 Å². The first kappa shape index (κ1) is 21.4. The topological polar surface area (TPSA) is 101 Å². The number of nitrogens with zero attached hydrogens (tertiary/aromatic N) is 3. The van der Waals surface area contributed by atoms with Crippen LogP contribution in [0.25, 0.3) is 11.1 Å². The molecule has 1 saturated carbocycles. The van der Waals surface area contributed by atoms with E-state index in [2.05, 4.69) is 0 Å². The fraction of sp³-hybridized carbons (Fsp3) is 0.400. The van der Waals surface area contributed by atoms with Gasteiger partial charge in [0.05, 0.1) is 17.7 Å². The van der Waals surface area contributed by atoms with Gasteiger partial charge in [0.15, 0.2) is 11.5 Å². The molecule has 0 radical (unpaired) electrons. The molecule has 0 unspecified atom stereocenters. The summed E-state index contributed by atoms with van der Waals surface area (Å²) in [6, 6.07) is 11.6. The second-order valence-corrected chi connectivity index (χ2v) is 8.81. The number of nitrogens with two attached hydrogens (primary N) is 1. The number of aliphatic imine (C=N–C) groups is 1. The van der Waals surface area contributed by atoms with E-state index in [0.29, 0.717) is 35.5 Å². The summed E-state index contributed by atoms with van der Waals surface area (Å²) in [5.74, 6) is -0.215. The molecule has 8 heteroatoms. The number of rotatable bonds is 3. The molecule has 1 fully saturated rings. The predicted octanol–water partition coefficient (Wildman–Crippen LogP) is 3.31. The normalized spacial score (nSPS) is 28.1. The molecule has 1 amide bonds. The van der Waals surface area contributed by atoms with Gasteiger partial charge in [0.1, 0.15) is 17.7 Å². The highest BCUT2D eigenvalue weighted by molar-refractivity contribution is 6.07. The molecule has 5 rings (SSSR count). The molecule has 2 heterocycles. The number of carbonyl (C=O) groups is 1. The third-order valence-electron chi connectivity index (χ3n) is 6.97. The van der Waals surface area contributed by atoms with Crippen LogP contribution in [0.3, 0.4) is 0 Å². The van der Waals surface area contributed by atoms with E-state index in [1.807, 2.05) is 25.1 Å². The van der Waals surface area contributed by atoms with Gasteiger partial charge in [0.25, 0.3) is 5.91 Å². The highest BCUT2D eigenvalue weighted by Crippen LogP contribution is 2.54. The number of fused-ring (bicyclic) bond motifs is 4. The first-order chi connectivity index (χ1) is 15.9. The smallest absolute Gasteiger partial charge is 0.262 e. The highest BCUT2D eigenvalue weighted by atomic mass is 19.1. The van der Waals surface area contributed by atoms with Crippen LogP contribution >= 0.6 is 0 Å². The highest BCUT2D eigenvalue weighted by Gasteiger charge is 2.61. The summed E-state index contributed by atoms with van der Waals surface area (Å²) in [6.45, 7) is 2.55. The third kappa shape index (κ3) is 3.26. The van der Waals surface area contributed by atoms with E-state index < -0.39 is 11.4 Å². The van der Waals surface area contributed by atoms with E-state index in [1.165, 1.54) is 17.0 Å². The van der Waals surface area contributed by atoms with Crippen molar-refractivity contribution in [1.29, 1.82) is 5.26 Å². The molecule has 1 spiro atoms. The van der Waals surface area contributed by atoms with Crippen LogP contribution in [0, 0.1) is 23.1 Å². The summed E-state index contributed by atoms with van der Waals surface area (Å²) < 4.78 is 26.4. The largest absolute Gasteiger partial charge is 0.490 e. The van der Waals surface area contributed by atoms with Crippen LogP contribution in [0.2, 0.25) is 0 Å². The number of ether oxygens (including phenoxy) is 2. The SMILES string of the molecule is CCO[C@H]1CC[C@@H]2Oc3ccc(-c4cc(F)cc(C#N)c4)cc3[C@]3(N=C(N)N(C)C3=O)[C@H]2C1. The van der Waals surface area contributed by atoms with Crippen LogP contribution in [0.4, 0.5) is 4.39 Å². The molecule has 2 N–H and O–H groups in total. The zero-order chi connectivity index (χ0) is 23.3. The number of carbonyl (C=O) groups excluding carboxylic acids is 1. The molecule has 1 aliphatic carbocycles. The van der Waals surface area contributed by atoms with Crippen molar-refractivity contribution >= 4 is 11.9 Å². The number of amides is 1. The van der Waals surface area contributed by atoms with Gasteiger partial charge in [-0.3, -0.25) is 9.69 Å². The molecule has 2 aromatic rings. The fourth-order valence-corrected chi connectivity index (χ4v) is 5.45. The van der Waals surface area contributed by atoms with E-state index in [0.717, 1.165) is 12.8 Å². The Morgan fingerprint density at radius 1 is 1.30 bits per heavy atom. The minimum Gasteiger partial charge on any atom is -0.490 e. The molecule has 7 nitrogen and oxygen atoms in total. The summed E-state index contributed by atoms with van der Waals surface area (Å²) >= 11 is 0. The minimum absolute atomic E-state index is 0.0120. The number of benzene rings is 2. The average Bonchev–Trinajstić information content (AvgIpc) is 3.04. The standard InChI is InChI=1S/C25H25FN4O3/c1-3-32-18-5-7-22-20(12-18)25(23(31)30(2)24(28)29-25)19-11-15(4-6-21(19)33-22)16-8-14(13-27)9-17(26)10-16/h4,6,8-11,18,20,22H,3,5,7,12H2,1-2H3,(H2,28,29)/t18-,20-,22-,25-/m0/s1. The fourth-order valence-electron chi connectivity index (χ4n) is 5.45. The van der Waals surface area contributed by atoms with Crippen LogP contribution in [0.5, 0.6) is 5.75 Å². The first-order valence-corrected chi connectivity index (χ1v) is 11.1. The van der Waals surface area contributed by atoms with Gasteiger partial charge in [-0.1, -0.05) is 6.07 Å². The molecule has 0 saturated heterocycles. The molecule has 2 aliphatic heterocycles. The minimum atomic E-state index is -1.23. The van der Waals surface area contributed by atoms with Crippen molar-refractivity contribution in [3.05, 3.63) is 53.3 Å². The molecule has 170 valence electrons. The Balaban J connectivity index is 1.68. The second kappa shape index (κ2) is 7.85. The molecule has 2 aromatic carbocycles. The van der Waals surface area contributed by atoms with Gasteiger partial charge in [-0.25, -0.2) is 9.38 Å². The van der Waals surface area contributed by atoms with Gasteiger partial charge in [-0.2, -0.15) is 5.26 Å². The van der Waals surface area contributed by atoms with Gasteiger partial charge in [-0.05, 0) is 67.6 Å². The average molecular weight is 448 g/mol. The van der Waals surface area contributed by atoms with Gasteiger partial charge in [0.2, 0.25) is 0 Å². The monoisotopic (exact) mass is 448 g/mol. The van der Waals surface area contributed by atoms with Crippen molar-refractivity contribution in [3.8, 4) is 22.9 Å². The number of nitriles is 1. The lowest BCUT2D eigenvalue weighted by molar-refractivity contribution is -0.139. The second-order valence-electron chi connectivity index (χ2n) is 8.81. The van der Waals surface area contributed by atoms with Crippen LogP contribution < -0.4 is 10.5 Å². The van der Waals surface area contributed by atoms with Crippen molar-refractivity contribution in [1.82, 2.24) is 4.90 Å². The Morgan fingerprint density at radius 3 is 2.82 bits per heavy atom. The molecular formula is C25H25FN4O3. The van der Waals surface area contributed by atoms with Crippen molar-refractivity contribution < 1.29 is 18.7 Å². The van der Waals surface area contributed by atoms with E-state index in [1.54, 1.807) is 19.2 Å². The van der Waals surface area contributed by atoms with Gasteiger partial charge in [-0.15, -0.1) is 0 Å². The lowest BCUT2D eigenvalue weighted by Crippen LogP contribution is -2.55. The van der Waals surface area contributed by atoms with E-state index >= 15 is 0 Å². The van der Waals surface area contributed by atoms with Gasteiger partial charge < -0.3 is 15.2 Å². The van der Waals surface area contributed by atoms with Crippen LogP contribution in [-0.2, 0) is 15.1 Å². The summed E-state index contributed by atoms with van der Waals surface area (Å²) in [6.07, 6.45) is 2.04. The molecule has 3 aliphatic rings. The van der Waals surface area contributed by atoms with Crippen molar-refractivity contribution in [3.63, 3.8) is 0 Å². The maximum atomic E-state index is 14.1. The summed E-state index contributed by atoms with van der Waals surface area (Å²) in [4.78, 5) is 19.9. The predicted molar refractivity (Wildman–Crippen MR) is 120 cm³/mol. The number of likely N-dealkylation sites (N-methyl/N-ethyl adjacent to an activating group) is 1. The van der Waals surface area contributed by atoms with Crippen molar-refractivity contribution in [2.45, 2.75) is 43.9 Å². The number of hydrogen-bond acceptors (Lipinski definition) is 6. The maximum Gasteiger partial charge on any atom is 0.262 e. The van der Waals surface area contributed by atoms with Crippen molar-refractivity contribution in [2.75, 3.05) is 13.7 Å².